The van der Waals surface area contributed by atoms with Crippen molar-refractivity contribution in [3.63, 3.8) is 0 Å². The van der Waals surface area contributed by atoms with E-state index < -0.39 is 29.9 Å². The van der Waals surface area contributed by atoms with Crippen molar-refractivity contribution in [2.24, 2.45) is 11.5 Å². The molecule has 0 spiro atoms. The normalized spacial score (nSPS) is 13.8. The Morgan fingerprint density at radius 1 is 1.14 bits per heavy atom. The van der Waals surface area contributed by atoms with Gasteiger partial charge in [0.15, 0.2) is 0 Å². The van der Waals surface area contributed by atoms with Crippen molar-refractivity contribution < 1.29 is 24.6 Å². The molecule has 0 aromatic carbocycles. The van der Waals surface area contributed by atoms with E-state index in [0.29, 0.717) is 19.4 Å². The molecule has 120 valence electrons. The van der Waals surface area contributed by atoms with Crippen LogP contribution in [0.2, 0.25) is 0 Å². The summed E-state index contributed by atoms with van der Waals surface area (Å²) in [5, 5.41) is 19.8. The van der Waals surface area contributed by atoms with E-state index in [0.717, 1.165) is 6.42 Å². The number of carboxylic acids is 2. The summed E-state index contributed by atoms with van der Waals surface area (Å²) >= 11 is 0. The standard InChI is InChI=1S/C13H23N3O5/c14-8-4-3-5-9(15)12(19)16-10(13(20)21)6-1-2-7-11(17)18/h1-2,9-10H,3-8,14-15H2,(H,16,19)(H,17,18)(H,20,21)/b2-1+/t9-,10?/m0/s1. The first-order chi connectivity index (χ1) is 9.88. The minimum atomic E-state index is -1.20. The molecule has 0 saturated carbocycles. The van der Waals surface area contributed by atoms with Crippen molar-refractivity contribution in [3.05, 3.63) is 12.2 Å². The Morgan fingerprint density at radius 3 is 2.33 bits per heavy atom. The molecule has 0 aliphatic heterocycles. The predicted molar refractivity (Wildman–Crippen MR) is 76.5 cm³/mol. The van der Waals surface area contributed by atoms with Crippen LogP contribution in [-0.2, 0) is 14.4 Å². The van der Waals surface area contributed by atoms with Crippen molar-refractivity contribution in [3.8, 4) is 0 Å². The summed E-state index contributed by atoms with van der Waals surface area (Å²) in [6.45, 7) is 0.514. The minimum absolute atomic E-state index is 0.00384. The Bertz CT molecular complexity index is 384. The van der Waals surface area contributed by atoms with Crippen LogP contribution in [0.4, 0.5) is 0 Å². The average Bonchev–Trinajstić information content (AvgIpc) is 2.41. The third-order valence-electron chi connectivity index (χ3n) is 2.75. The number of rotatable bonds is 11. The van der Waals surface area contributed by atoms with Crippen LogP contribution >= 0.6 is 0 Å². The van der Waals surface area contributed by atoms with Gasteiger partial charge in [-0.15, -0.1) is 0 Å². The van der Waals surface area contributed by atoms with E-state index in [1.54, 1.807) is 0 Å². The number of hydrogen-bond donors (Lipinski definition) is 5. The molecule has 0 bridgehead atoms. The summed E-state index contributed by atoms with van der Waals surface area (Å²) < 4.78 is 0. The zero-order valence-electron chi connectivity index (χ0n) is 11.8. The molecule has 0 saturated heterocycles. The summed E-state index contributed by atoms with van der Waals surface area (Å²) in [6.07, 6.45) is 4.44. The zero-order valence-corrected chi connectivity index (χ0v) is 11.8. The Hall–Kier alpha value is -1.93. The molecule has 0 aliphatic carbocycles. The third-order valence-corrected chi connectivity index (χ3v) is 2.75. The first-order valence-electron chi connectivity index (χ1n) is 6.74. The molecule has 2 atom stereocenters. The summed E-state index contributed by atoms with van der Waals surface area (Å²) in [5.74, 6) is -2.74. The lowest BCUT2D eigenvalue weighted by Gasteiger charge is -2.16. The molecule has 8 nitrogen and oxygen atoms in total. The van der Waals surface area contributed by atoms with E-state index in [-0.39, 0.29) is 12.8 Å². The summed E-state index contributed by atoms with van der Waals surface area (Å²) in [7, 11) is 0. The molecule has 0 rings (SSSR count). The Balaban J connectivity index is 4.29. The van der Waals surface area contributed by atoms with Crippen LogP contribution in [-0.4, -0.2) is 46.7 Å². The van der Waals surface area contributed by atoms with Crippen LogP contribution in [0.5, 0.6) is 0 Å². The highest BCUT2D eigenvalue weighted by atomic mass is 16.4. The predicted octanol–water partition coefficient (Wildman–Crippen LogP) is -0.567. The van der Waals surface area contributed by atoms with E-state index in [9.17, 15) is 14.4 Å². The number of unbranched alkanes of at least 4 members (excludes halogenated alkanes) is 1. The number of carboxylic acid groups (broad SMARTS) is 2. The molecule has 1 amide bonds. The summed E-state index contributed by atoms with van der Waals surface area (Å²) in [4.78, 5) is 33.1. The molecule has 1 unspecified atom stereocenters. The van der Waals surface area contributed by atoms with Crippen LogP contribution in [0.3, 0.4) is 0 Å². The minimum Gasteiger partial charge on any atom is -0.481 e. The number of amides is 1. The molecule has 0 fully saturated rings. The maximum absolute atomic E-state index is 11.7. The van der Waals surface area contributed by atoms with Crippen LogP contribution in [0.25, 0.3) is 0 Å². The lowest BCUT2D eigenvalue weighted by Crippen LogP contribution is -2.48. The maximum Gasteiger partial charge on any atom is 0.326 e. The number of nitrogens with two attached hydrogens (primary N) is 2. The van der Waals surface area contributed by atoms with E-state index >= 15 is 0 Å². The van der Waals surface area contributed by atoms with Gasteiger partial charge in [0.25, 0.3) is 0 Å². The van der Waals surface area contributed by atoms with Crippen LogP contribution < -0.4 is 16.8 Å². The SMILES string of the molecule is NCCCC[C@H](N)C(=O)NC(C/C=C/CC(=O)O)C(=O)O. The Kier molecular flexibility index (Phi) is 9.82. The van der Waals surface area contributed by atoms with Crippen LogP contribution in [0.15, 0.2) is 12.2 Å². The molecule has 7 N–H and O–H groups in total. The fourth-order valence-electron chi connectivity index (χ4n) is 1.56. The van der Waals surface area contributed by atoms with Crippen LogP contribution in [0, 0.1) is 0 Å². The van der Waals surface area contributed by atoms with Crippen molar-refractivity contribution in [1.82, 2.24) is 5.32 Å². The molecular weight excluding hydrogens is 278 g/mol. The quantitative estimate of drug-likeness (QED) is 0.253. The highest BCUT2D eigenvalue weighted by molar-refractivity contribution is 5.86. The fraction of sp³-hybridized carbons (Fsp3) is 0.615. The van der Waals surface area contributed by atoms with Gasteiger partial charge in [0.1, 0.15) is 6.04 Å². The topological polar surface area (TPSA) is 156 Å². The number of hydrogen-bond acceptors (Lipinski definition) is 5. The van der Waals surface area contributed by atoms with Crippen molar-refractivity contribution >= 4 is 17.8 Å². The van der Waals surface area contributed by atoms with E-state index in [1.165, 1.54) is 12.2 Å². The lowest BCUT2D eigenvalue weighted by atomic mass is 10.1. The van der Waals surface area contributed by atoms with Gasteiger partial charge in [0, 0.05) is 0 Å². The molecule has 21 heavy (non-hydrogen) atoms. The molecule has 0 aromatic heterocycles. The van der Waals surface area contributed by atoms with Crippen LogP contribution in [0.1, 0.15) is 32.1 Å². The number of carbonyl (C=O) groups excluding carboxylic acids is 1. The second-order valence-electron chi connectivity index (χ2n) is 4.60. The second kappa shape index (κ2) is 10.8. The van der Waals surface area contributed by atoms with Gasteiger partial charge in [-0.1, -0.05) is 18.6 Å². The van der Waals surface area contributed by atoms with Crippen molar-refractivity contribution in [1.29, 1.82) is 0 Å². The zero-order chi connectivity index (χ0) is 16.3. The first kappa shape index (κ1) is 19.1. The second-order valence-corrected chi connectivity index (χ2v) is 4.60. The molecule has 0 heterocycles. The van der Waals surface area contributed by atoms with Gasteiger partial charge < -0.3 is 27.0 Å². The molecular formula is C13H23N3O5. The fourth-order valence-corrected chi connectivity index (χ4v) is 1.56. The maximum atomic E-state index is 11.7. The Morgan fingerprint density at radius 2 is 1.81 bits per heavy atom. The van der Waals surface area contributed by atoms with Gasteiger partial charge in [-0.05, 0) is 25.8 Å². The highest BCUT2D eigenvalue weighted by Gasteiger charge is 2.21. The first-order valence-corrected chi connectivity index (χ1v) is 6.74. The van der Waals surface area contributed by atoms with Gasteiger partial charge in [-0.2, -0.15) is 0 Å². The van der Waals surface area contributed by atoms with Crippen molar-refractivity contribution in [2.75, 3.05) is 6.54 Å². The van der Waals surface area contributed by atoms with E-state index in [4.69, 9.17) is 21.7 Å². The number of nitrogens with one attached hydrogen (secondary N) is 1. The Labute approximate surface area is 123 Å². The van der Waals surface area contributed by atoms with Gasteiger partial charge in [-0.25, -0.2) is 4.79 Å². The molecule has 0 aromatic rings. The highest BCUT2D eigenvalue weighted by Crippen LogP contribution is 2.01. The largest absolute Gasteiger partial charge is 0.481 e. The lowest BCUT2D eigenvalue weighted by molar-refractivity contribution is -0.141. The molecule has 0 radical (unpaired) electrons. The third kappa shape index (κ3) is 9.58. The summed E-state index contributed by atoms with van der Waals surface area (Å²) in [6, 6.07) is -1.90. The van der Waals surface area contributed by atoms with Gasteiger partial charge in [0.2, 0.25) is 5.91 Å². The van der Waals surface area contributed by atoms with Gasteiger partial charge in [0.05, 0.1) is 12.5 Å². The average molecular weight is 301 g/mol. The van der Waals surface area contributed by atoms with Crippen molar-refractivity contribution in [2.45, 2.75) is 44.2 Å². The van der Waals surface area contributed by atoms with Gasteiger partial charge >= 0.3 is 11.9 Å². The molecule has 8 heteroatoms. The number of carbonyl (C=O) groups is 3. The summed E-state index contributed by atoms with van der Waals surface area (Å²) in [5.41, 5.74) is 11.0. The monoisotopic (exact) mass is 301 g/mol. The smallest absolute Gasteiger partial charge is 0.326 e. The molecule has 0 aliphatic rings. The number of aliphatic carboxylic acids is 2. The van der Waals surface area contributed by atoms with Gasteiger partial charge in [-0.3, -0.25) is 9.59 Å². The van der Waals surface area contributed by atoms with E-state index in [2.05, 4.69) is 5.32 Å². The van der Waals surface area contributed by atoms with E-state index in [1.807, 2.05) is 0 Å².